The van der Waals surface area contributed by atoms with Crippen molar-refractivity contribution in [2.75, 3.05) is 13.4 Å². The molecule has 0 fully saturated rings. The van der Waals surface area contributed by atoms with E-state index < -0.39 is 12.0 Å². The monoisotopic (exact) mass is 462 g/mol. The van der Waals surface area contributed by atoms with Crippen molar-refractivity contribution in [1.82, 2.24) is 4.57 Å². The summed E-state index contributed by atoms with van der Waals surface area (Å²) in [5, 5.41) is 0. The molecule has 3 heterocycles. The van der Waals surface area contributed by atoms with E-state index in [1.807, 2.05) is 49.4 Å². The summed E-state index contributed by atoms with van der Waals surface area (Å²) in [7, 11) is 0. The van der Waals surface area contributed by atoms with Crippen LogP contribution < -0.4 is 24.4 Å². The van der Waals surface area contributed by atoms with E-state index in [0.717, 1.165) is 16.7 Å². The molecule has 1 atom stereocenters. The summed E-state index contributed by atoms with van der Waals surface area (Å²) in [4.78, 5) is 31.7. The number of benzene rings is 2. The van der Waals surface area contributed by atoms with Crippen LogP contribution in [0.4, 0.5) is 0 Å². The molecule has 5 rings (SSSR count). The number of carbonyl (C=O) groups excluding carboxylic acids is 1. The van der Waals surface area contributed by atoms with Gasteiger partial charge in [-0.1, -0.05) is 47.2 Å². The highest BCUT2D eigenvalue weighted by Gasteiger charge is 2.34. The van der Waals surface area contributed by atoms with Crippen LogP contribution >= 0.6 is 11.3 Å². The maximum atomic E-state index is 13.6. The van der Waals surface area contributed by atoms with E-state index in [-0.39, 0.29) is 19.0 Å². The van der Waals surface area contributed by atoms with E-state index in [2.05, 4.69) is 4.99 Å². The first kappa shape index (κ1) is 21.2. The Labute approximate surface area is 193 Å². The van der Waals surface area contributed by atoms with Gasteiger partial charge in [-0.05, 0) is 50.1 Å². The fraction of sp³-hybridized carbons (Fsp3) is 0.240. The number of allylic oxidation sites excluding steroid dienone is 1. The van der Waals surface area contributed by atoms with Crippen LogP contribution in [0.15, 0.2) is 63.5 Å². The zero-order chi connectivity index (χ0) is 23.1. The van der Waals surface area contributed by atoms with Crippen molar-refractivity contribution in [1.29, 1.82) is 0 Å². The van der Waals surface area contributed by atoms with Crippen LogP contribution in [0.2, 0.25) is 0 Å². The zero-order valence-electron chi connectivity index (χ0n) is 18.5. The Morgan fingerprint density at radius 2 is 1.94 bits per heavy atom. The molecule has 0 amide bonds. The van der Waals surface area contributed by atoms with Crippen molar-refractivity contribution in [3.63, 3.8) is 0 Å². The summed E-state index contributed by atoms with van der Waals surface area (Å²) in [5.74, 6) is 0.713. The van der Waals surface area contributed by atoms with Crippen molar-refractivity contribution < 1.29 is 19.0 Å². The minimum absolute atomic E-state index is 0.137. The topological polar surface area (TPSA) is 79.1 Å². The van der Waals surface area contributed by atoms with Crippen molar-refractivity contribution in [3.8, 4) is 11.5 Å². The summed E-state index contributed by atoms with van der Waals surface area (Å²) in [6.45, 7) is 5.89. The van der Waals surface area contributed by atoms with Gasteiger partial charge in [0.2, 0.25) is 6.79 Å². The normalized spacial score (nSPS) is 17.1. The van der Waals surface area contributed by atoms with Gasteiger partial charge >= 0.3 is 5.97 Å². The van der Waals surface area contributed by atoms with Crippen molar-refractivity contribution in [3.05, 3.63) is 90.1 Å². The highest BCUT2D eigenvalue weighted by molar-refractivity contribution is 7.07. The molecule has 0 aliphatic carbocycles. The Kier molecular flexibility index (Phi) is 5.38. The van der Waals surface area contributed by atoms with Gasteiger partial charge in [0, 0.05) is 0 Å². The third-order valence-corrected chi connectivity index (χ3v) is 6.59. The van der Waals surface area contributed by atoms with E-state index in [1.165, 1.54) is 11.3 Å². The summed E-state index contributed by atoms with van der Waals surface area (Å²) in [6.07, 6.45) is 1.85. The average Bonchev–Trinajstić information content (AvgIpc) is 3.38. The molecule has 168 valence electrons. The summed E-state index contributed by atoms with van der Waals surface area (Å²) >= 11 is 1.30. The lowest BCUT2D eigenvalue weighted by Gasteiger charge is -2.24. The first-order valence-electron chi connectivity index (χ1n) is 10.6. The number of esters is 1. The van der Waals surface area contributed by atoms with E-state index in [0.29, 0.717) is 32.1 Å². The molecule has 2 aliphatic heterocycles. The minimum atomic E-state index is -0.685. The van der Waals surface area contributed by atoms with Crippen LogP contribution in [0.5, 0.6) is 11.5 Å². The Bertz CT molecular complexity index is 1460. The number of thiazole rings is 1. The van der Waals surface area contributed by atoms with Crippen LogP contribution in [0.25, 0.3) is 6.08 Å². The van der Waals surface area contributed by atoms with Crippen molar-refractivity contribution in [2.45, 2.75) is 26.8 Å². The largest absolute Gasteiger partial charge is 0.463 e. The number of rotatable bonds is 4. The van der Waals surface area contributed by atoms with Gasteiger partial charge in [-0.2, -0.15) is 0 Å². The van der Waals surface area contributed by atoms with Gasteiger partial charge in [0.15, 0.2) is 16.3 Å². The highest BCUT2D eigenvalue weighted by atomic mass is 32.1. The van der Waals surface area contributed by atoms with E-state index in [9.17, 15) is 9.59 Å². The van der Waals surface area contributed by atoms with Gasteiger partial charge in [0.25, 0.3) is 5.56 Å². The molecule has 1 aromatic heterocycles. The SMILES string of the molecule is CCOC(=O)C1=C(C)N=c2sc(=Cc3ccc(C)cc3)c(=O)n2[C@H]1c1ccc2c(c1)OCO2. The molecule has 8 heteroatoms. The molecule has 0 spiro atoms. The maximum absolute atomic E-state index is 13.6. The molecule has 2 aliphatic rings. The molecule has 0 radical (unpaired) electrons. The summed E-state index contributed by atoms with van der Waals surface area (Å²) < 4.78 is 18.4. The first-order chi connectivity index (χ1) is 16.0. The van der Waals surface area contributed by atoms with Crippen molar-refractivity contribution >= 4 is 23.4 Å². The molecule has 0 saturated carbocycles. The molecule has 0 unspecified atom stereocenters. The molecular formula is C25H22N2O5S. The molecule has 0 N–H and O–H groups in total. The lowest BCUT2D eigenvalue weighted by molar-refractivity contribution is -0.139. The zero-order valence-corrected chi connectivity index (χ0v) is 19.3. The fourth-order valence-corrected chi connectivity index (χ4v) is 5.05. The summed E-state index contributed by atoms with van der Waals surface area (Å²) in [5.41, 5.74) is 3.44. The van der Waals surface area contributed by atoms with Crippen LogP contribution in [0.1, 0.15) is 36.6 Å². The third-order valence-electron chi connectivity index (χ3n) is 5.60. The van der Waals surface area contributed by atoms with Gasteiger partial charge < -0.3 is 14.2 Å². The number of aryl methyl sites for hydroxylation is 1. The van der Waals surface area contributed by atoms with Gasteiger partial charge in [-0.15, -0.1) is 0 Å². The van der Waals surface area contributed by atoms with Crippen molar-refractivity contribution in [2.24, 2.45) is 4.99 Å². The Balaban J connectivity index is 1.72. The van der Waals surface area contributed by atoms with Gasteiger partial charge in [-0.3, -0.25) is 9.36 Å². The standard InChI is InChI=1S/C25H22N2O5S/c1-4-30-24(29)21-15(3)26-25-27(22(21)17-9-10-18-19(12-17)32-13-31-18)23(28)20(33-25)11-16-7-5-14(2)6-8-16/h5-12,22H,4,13H2,1-3H3/t22-/m0/s1. The Morgan fingerprint density at radius 3 is 2.70 bits per heavy atom. The molecule has 3 aromatic rings. The maximum Gasteiger partial charge on any atom is 0.338 e. The second kappa shape index (κ2) is 8.37. The Hall–Kier alpha value is -3.65. The predicted octanol–water partition coefficient (Wildman–Crippen LogP) is 2.84. The van der Waals surface area contributed by atoms with Gasteiger partial charge in [-0.25, -0.2) is 9.79 Å². The first-order valence-corrected chi connectivity index (χ1v) is 11.4. The fourth-order valence-electron chi connectivity index (χ4n) is 4.00. The second-order valence-electron chi connectivity index (χ2n) is 7.83. The van der Waals surface area contributed by atoms with Crippen LogP contribution in [-0.4, -0.2) is 23.9 Å². The van der Waals surface area contributed by atoms with E-state index >= 15 is 0 Å². The number of nitrogens with zero attached hydrogens (tertiary/aromatic N) is 2. The molecule has 2 aromatic carbocycles. The average molecular weight is 463 g/mol. The number of hydrogen-bond donors (Lipinski definition) is 0. The number of hydrogen-bond acceptors (Lipinski definition) is 7. The second-order valence-corrected chi connectivity index (χ2v) is 8.83. The lowest BCUT2D eigenvalue weighted by Crippen LogP contribution is -2.39. The molecule has 7 nitrogen and oxygen atoms in total. The smallest absolute Gasteiger partial charge is 0.338 e. The van der Waals surface area contributed by atoms with E-state index in [1.54, 1.807) is 24.5 Å². The number of aromatic nitrogens is 1. The van der Waals surface area contributed by atoms with Crippen LogP contribution in [0, 0.1) is 6.92 Å². The van der Waals surface area contributed by atoms with Crippen LogP contribution in [0.3, 0.4) is 0 Å². The third kappa shape index (κ3) is 3.76. The van der Waals surface area contributed by atoms with Crippen LogP contribution in [-0.2, 0) is 9.53 Å². The minimum Gasteiger partial charge on any atom is -0.463 e. The van der Waals surface area contributed by atoms with Gasteiger partial charge in [0.05, 0.1) is 28.5 Å². The molecule has 0 bridgehead atoms. The summed E-state index contributed by atoms with van der Waals surface area (Å²) in [6, 6.07) is 12.7. The number of carbonyl (C=O) groups is 1. The van der Waals surface area contributed by atoms with E-state index in [4.69, 9.17) is 14.2 Å². The quantitative estimate of drug-likeness (QED) is 0.557. The molecular weight excluding hydrogens is 440 g/mol. The Morgan fingerprint density at radius 1 is 1.18 bits per heavy atom. The highest BCUT2D eigenvalue weighted by Crippen LogP contribution is 2.38. The lowest BCUT2D eigenvalue weighted by atomic mass is 9.95. The molecule has 33 heavy (non-hydrogen) atoms. The predicted molar refractivity (Wildman–Crippen MR) is 124 cm³/mol. The molecule has 0 saturated heterocycles. The number of fused-ring (bicyclic) bond motifs is 2. The number of ether oxygens (including phenoxy) is 3. The van der Waals surface area contributed by atoms with Gasteiger partial charge in [0.1, 0.15) is 0 Å².